The summed E-state index contributed by atoms with van der Waals surface area (Å²) in [7, 11) is -5.02. The largest absolute Gasteiger partial charge is 0.356 e. The van der Waals surface area contributed by atoms with Crippen LogP contribution in [0.25, 0.3) is 99.5 Å². The van der Waals surface area contributed by atoms with E-state index in [1.165, 1.54) is 141 Å². The normalized spacial score (nSPS) is 11.3. The Balaban J connectivity index is 0.000000144. The Hall–Kier alpha value is -15.4. The fourth-order valence-electron chi connectivity index (χ4n) is 18.7. The summed E-state index contributed by atoms with van der Waals surface area (Å²) in [6.07, 6.45) is 0. The number of anilines is 5. The van der Waals surface area contributed by atoms with Crippen molar-refractivity contribution in [2.75, 3.05) is 10.2 Å². The second-order valence-corrected chi connectivity index (χ2v) is 40.6. The number of hydrogen-bond donors (Lipinski definition) is 1. The SMILES string of the molecule is Brc1ccc([Si](c2ccccc2)(c2ccccc2)c2ccccc2)cc1.[2HH].[B].c1ccc(-c2ccc(N(c3ccc(-c4ccc5c(c4)c4ccccc4n5-c4ccccc4)cc3)c3ccc([Si](c4ccccc4)(c4ccccc4)c4ccccc4)cc3)cc2)cc1.c1ccc(-c2ccc(Nc3ccc(-c4ccc5c(c4)c4ccccc4n5-c4ccccc4)cc3)cc2)cc1. The van der Waals surface area contributed by atoms with E-state index in [0.29, 0.717) is 0 Å². The molecular formula is C120H91BBrN4Si2. The van der Waals surface area contributed by atoms with Crippen LogP contribution in [0.15, 0.2) is 538 Å². The summed E-state index contributed by atoms with van der Waals surface area (Å²) in [4.78, 5) is 2.38. The second-order valence-electron chi connectivity index (χ2n) is 32.0. The van der Waals surface area contributed by atoms with E-state index in [0.717, 1.165) is 32.9 Å². The highest BCUT2D eigenvalue weighted by atomic mass is 79.9. The van der Waals surface area contributed by atoms with Gasteiger partial charge in [0, 0.05) is 75.7 Å². The summed E-state index contributed by atoms with van der Waals surface area (Å²) in [5, 5.41) is 19.6. The fourth-order valence-corrected chi connectivity index (χ4v) is 28.4. The zero-order valence-corrected chi connectivity index (χ0v) is 74.2. The number of nitrogens with one attached hydrogen (secondary N) is 1. The topological polar surface area (TPSA) is 25.1 Å². The highest BCUT2D eigenvalue weighted by Gasteiger charge is 2.43. The van der Waals surface area contributed by atoms with Gasteiger partial charge in [0.25, 0.3) is 0 Å². The van der Waals surface area contributed by atoms with Crippen molar-refractivity contribution in [1.82, 2.24) is 9.13 Å². The maximum absolute atomic E-state index is 3.60. The van der Waals surface area contributed by atoms with E-state index in [1.807, 2.05) is 6.07 Å². The number of para-hydroxylation sites is 4. The fraction of sp³-hybridized carbons (Fsp3) is 0. The standard InChI is InChI=1S/C60H44N2Si.C36H26N2.C24H19BrSi.B.H2/c1-6-18-45(19-7-1)46-30-35-50(36-31-46)61(52-39-41-56(42-40-52)63(53-22-10-3-11-23-53,54-24-12-4-13-25-54)55-26-14-5-15-27-55)51-37-32-47(33-38-51)48-34-43-60-58(44-48)57-28-16-17-29-59(57)62(60)49-20-8-2-9-21-49;1-3-9-26(10-4-1)27-15-20-30(21-16-27)37-31-22-17-28(18-23-31)29-19-24-36-34(25-29)33-13-7-8-14-35(33)38(36)32-11-5-2-6-12-32;25-20-16-18-24(19-17-20)26(21-10-4-1-5-11-21,22-12-6-2-7-13-22)23-14-8-3-9-15-23;;/h1-44H;1-25,37H;1-19H;;1H/i;;;;1+1. The lowest BCUT2D eigenvalue weighted by Crippen LogP contribution is -2.74. The number of nitrogens with zero attached hydrogens (tertiary/aromatic N) is 3. The van der Waals surface area contributed by atoms with Gasteiger partial charge in [-0.05, 0) is 219 Å². The predicted octanol–water partition coefficient (Wildman–Crippen LogP) is 26.5. The Bertz CT molecular complexity index is 7250. The molecule has 0 bridgehead atoms. The molecule has 4 nitrogen and oxygen atoms in total. The van der Waals surface area contributed by atoms with Gasteiger partial charge < -0.3 is 19.4 Å². The molecule has 20 aromatic carbocycles. The molecule has 1 N–H and O–H groups in total. The molecule has 0 aliphatic heterocycles. The van der Waals surface area contributed by atoms with Crippen molar-refractivity contribution in [3.63, 3.8) is 0 Å². The van der Waals surface area contributed by atoms with Crippen molar-refractivity contribution in [1.29, 1.82) is 0 Å². The number of hydrogen-bond acceptors (Lipinski definition) is 2. The molecule has 22 rings (SSSR count). The van der Waals surface area contributed by atoms with Gasteiger partial charge >= 0.3 is 0 Å². The van der Waals surface area contributed by atoms with Gasteiger partial charge in [0.05, 0.1) is 22.1 Å². The van der Waals surface area contributed by atoms with Crippen LogP contribution in [0.2, 0.25) is 0 Å². The average molecular weight is 1740 g/mol. The van der Waals surface area contributed by atoms with Crippen LogP contribution in [-0.4, -0.2) is 33.7 Å². The molecule has 3 radical (unpaired) electrons. The van der Waals surface area contributed by atoms with E-state index < -0.39 is 16.1 Å². The maximum atomic E-state index is 3.60. The minimum Gasteiger partial charge on any atom is -0.356 e. The Kier molecular flexibility index (Phi) is 24.1. The van der Waals surface area contributed by atoms with Gasteiger partial charge in [-0.15, -0.1) is 0 Å². The molecule has 22 aromatic rings. The van der Waals surface area contributed by atoms with Crippen molar-refractivity contribution < 1.29 is 1.43 Å². The summed E-state index contributed by atoms with van der Waals surface area (Å²) < 4.78 is 5.83. The lowest BCUT2D eigenvalue weighted by atomic mass is 10.0. The third-order valence-corrected chi connectivity index (χ3v) is 34.8. The number of benzene rings is 20. The molecule has 0 saturated heterocycles. The molecule has 0 amide bonds. The van der Waals surface area contributed by atoms with Crippen molar-refractivity contribution in [3.8, 4) is 55.9 Å². The number of rotatable bonds is 19. The highest BCUT2D eigenvalue weighted by Crippen LogP contribution is 2.41. The van der Waals surface area contributed by atoms with E-state index in [1.54, 1.807) is 0 Å². The Morgan fingerprint density at radius 2 is 0.414 bits per heavy atom. The number of fused-ring (bicyclic) bond motifs is 6. The van der Waals surface area contributed by atoms with Crippen LogP contribution in [0.4, 0.5) is 28.4 Å². The molecule has 609 valence electrons. The van der Waals surface area contributed by atoms with E-state index in [4.69, 9.17) is 0 Å². The van der Waals surface area contributed by atoms with Crippen LogP contribution in [-0.2, 0) is 0 Å². The van der Waals surface area contributed by atoms with Gasteiger partial charge in [0.15, 0.2) is 16.1 Å². The Morgan fingerprint density at radius 1 is 0.195 bits per heavy atom. The smallest absolute Gasteiger partial charge is 0.179 e. The first-order chi connectivity index (χ1) is 62.9. The summed E-state index contributed by atoms with van der Waals surface area (Å²) in [5.41, 5.74) is 22.3. The Morgan fingerprint density at radius 3 is 0.727 bits per heavy atom. The molecule has 8 heteroatoms. The minimum atomic E-state index is -2.68. The monoisotopic (exact) mass is 1730 g/mol. The van der Waals surface area contributed by atoms with Crippen LogP contribution in [0.1, 0.15) is 1.43 Å². The molecule has 2 heterocycles. The first-order valence-electron chi connectivity index (χ1n) is 43.4. The van der Waals surface area contributed by atoms with E-state index >= 15 is 0 Å². The summed E-state index contributed by atoms with van der Waals surface area (Å²) in [6.45, 7) is 0. The third kappa shape index (κ3) is 16.4. The molecular weight excluding hydrogens is 1640 g/mol. The quantitative estimate of drug-likeness (QED) is 0.0645. The summed E-state index contributed by atoms with van der Waals surface area (Å²) in [6, 6.07) is 193. The maximum Gasteiger partial charge on any atom is 0.179 e. The average Bonchev–Trinajstić information content (AvgIpc) is 1.69. The van der Waals surface area contributed by atoms with E-state index in [9.17, 15) is 0 Å². The van der Waals surface area contributed by atoms with Gasteiger partial charge in [0.2, 0.25) is 0 Å². The van der Waals surface area contributed by atoms with Gasteiger partial charge in [0.1, 0.15) is 0 Å². The molecule has 0 aliphatic rings. The van der Waals surface area contributed by atoms with Crippen molar-refractivity contribution in [3.05, 3.63) is 538 Å². The lowest BCUT2D eigenvalue weighted by molar-refractivity contribution is 1.18. The van der Waals surface area contributed by atoms with Gasteiger partial charge in [-0.25, -0.2) is 0 Å². The highest BCUT2D eigenvalue weighted by molar-refractivity contribution is 9.10. The van der Waals surface area contributed by atoms with Crippen molar-refractivity contribution >= 4 is 154 Å². The number of aromatic nitrogens is 2. The molecule has 0 atom stereocenters. The van der Waals surface area contributed by atoms with Crippen LogP contribution in [0, 0.1) is 0 Å². The van der Waals surface area contributed by atoms with Crippen LogP contribution < -0.4 is 51.7 Å². The molecule has 0 saturated carbocycles. The summed E-state index contributed by atoms with van der Waals surface area (Å²) in [5.74, 6) is 0. The second kappa shape index (κ2) is 37.6. The molecule has 2 aromatic heterocycles. The number of halogens is 1. The van der Waals surface area contributed by atoms with Crippen LogP contribution >= 0.6 is 15.9 Å². The van der Waals surface area contributed by atoms with E-state index in [2.05, 4.69) is 563 Å². The lowest BCUT2D eigenvalue weighted by Gasteiger charge is -2.35. The van der Waals surface area contributed by atoms with Gasteiger partial charge in [-0.2, -0.15) is 0 Å². The summed E-state index contributed by atoms with van der Waals surface area (Å²) >= 11 is 3.60. The van der Waals surface area contributed by atoms with E-state index in [-0.39, 0.29) is 9.84 Å². The molecule has 0 aliphatic carbocycles. The zero-order valence-electron chi connectivity index (χ0n) is 70.6. The molecule has 0 unspecified atom stereocenters. The Labute approximate surface area is 763 Å². The van der Waals surface area contributed by atoms with Gasteiger partial charge in [-0.1, -0.05) is 416 Å². The molecule has 0 fully saturated rings. The first-order valence-corrected chi connectivity index (χ1v) is 48.2. The van der Waals surface area contributed by atoms with Gasteiger partial charge in [-0.3, -0.25) is 0 Å². The van der Waals surface area contributed by atoms with Crippen molar-refractivity contribution in [2.45, 2.75) is 0 Å². The molecule has 0 spiro atoms. The van der Waals surface area contributed by atoms with Crippen molar-refractivity contribution in [2.24, 2.45) is 0 Å². The predicted molar refractivity (Wildman–Crippen MR) is 557 cm³/mol. The zero-order chi connectivity index (χ0) is 85.1. The molecule has 128 heavy (non-hydrogen) atoms. The van der Waals surface area contributed by atoms with Crippen LogP contribution in [0.3, 0.4) is 0 Å². The minimum absolute atomic E-state index is 0. The first kappa shape index (κ1) is 82.2. The third-order valence-electron chi connectivity index (χ3n) is 24.6. The van der Waals surface area contributed by atoms with Crippen LogP contribution in [0.5, 0.6) is 0 Å².